The second kappa shape index (κ2) is 5.36. The lowest BCUT2D eigenvalue weighted by Crippen LogP contribution is -2.16. The van der Waals surface area contributed by atoms with E-state index in [0.717, 1.165) is 11.1 Å². The molecule has 0 aliphatic rings. The lowest BCUT2D eigenvalue weighted by Gasteiger charge is -2.09. The van der Waals surface area contributed by atoms with Crippen molar-refractivity contribution in [3.05, 3.63) is 54.1 Å². The molecule has 2 aromatic carbocycles. The molecule has 0 radical (unpaired) electrons. The molecule has 0 unspecified atom stereocenters. The molecule has 20 heavy (non-hydrogen) atoms. The molecule has 2 nitrogen and oxygen atoms in total. The minimum Gasteiger partial charge on any atom is -0.406 e. The minimum absolute atomic E-state index is 0.0366. The Bertz CT molecular complexity index is 599. The average Bonchev–Trinajstić information content (AvgIpc) is 2.38. The molecule has 2 aromatic rings. The van der Waals surface area contributed by atoms with E-state index in [9.17, 15) is 18.0 Å². The Labute approximate surface area is 113 Å². The van der Waals surface area contributed by atoms with E-state index in [1.165, 1.54) is 31.2 Å². The summed E-state index contributed by atoms with van der Waals surface area (Å²) < 4.78 is 39.9. The third-order valence-corrected chi connectivity index (χ3v) is 2.71. The maximum Gasteiger partial charge on any atom is 0.573 e. The third-order valence-electron chi connectivity index (χ3n) is 2.71. The maximum atomic E-state index is 12.0. The molecule has 0 atom stereocenters. The second-order valence-electron chi connectivity index (χ2n) is 4.21. The molecule has 0 aromatic heterocycles. The first-order valence-electron chi connectivity index (χ1n) is 5.82. The van der Waals surface area contributed by atoms with Gasteiger partial charge in [0.2, 0.25) is 0 Å². The maximum absolute atomic E-state index is 12.0. The first-order valence-corrected chi connectivity index (χ1v) is 5.82. The molecular weight excluding hydrogens is 269 g/mol. The Morgan fingerprint density at radius 1 is 0.900 bits per heavy atom. The van der Waals surface area contributed by atoms with Crippen LogP contribution in [0.4, 0.5) is 13.2 Å². The van der Waals surface area contributed by atoms with Gasteiger partial charge in [0, 0.05) is 5.56 Å². The molecule has 0 saturated carbocycles. The van der Waals surface area contributed by atoms with Crippen LogP contribution in [0.5, 0.6) is 5.75 Å². The molecular formula is C15H11F3O2. The number of carbonyl (C=O) groups excluding carboxylic acids is 1. The van der Waals surface area contributed by atoms with Crippen LogP contribution < -0.4 is 4.74 Å². The molecule has 104 valence electrons. The van der Waals surface area contributed by atoms with Crippen molar-refractivity contribution in [3.63, 3.8) is 0 Å². The number of Topliss-reactive ketones (excluding diaryl/α,β-unsaturated/α-hetero) is 1. The van der Waals surface area contributed by atoms with Crippen molar-refractivity contribution in [1.82, 2.24) is 0 Å². The predicted molar refractivity (Wildman–Crippen MR) is 68.6 cm³/mol. The molecule has 0 fully saturated rings. The first kappa shape index (κ1) is 14.1. The summed E-state index contributed by atoms with van der Waals surface area (Å²) in [6.45, 7) is 1.47. The van der Waals surface area contributed by atoms with Crippen LogP contribution in [0.25, 0.3) is 11.1 Å². The van der Waals surface area contributed by atoms with Gasteiger partial charge in [0.15, 0.2) is 5.78 Å². The Balaban J connectivity index is 2.19. The van der Waals surface area contributed by atoms with Crippen LogP contribution in [0.3, 0.4) is 0 Å². The SMILES string of the molecule is CC(=O)c1ccc(-c2ccc(OC(F)(F)F)cc2)cc1. The van der Waals surface area contributed by atoms with Gasteiger partial charge >= 0.3 is 6.36 Å². The van der Waals surface area contributed by atoms with Gasteiger partial charge in [0.05, 0.1) is 0 Å². The van der Waals surface area contributed by atoms with E-state index in [1.54, 1.807) is 24.3 Å². The molecule has 0 heterocycles. The van der Waals surface area contributed by atoms with Gasteiger partial charge in [-0.15, -0.1) is 13.2 Å². The summed E-state index contributed by atoms with van der Waals surface area (Å²) >= 11 is 0. The van der Waals surface area contributed by atoms with E-state index in [0.29, 0.717) is 5.56 Å². The van der Waals surface area contributed by atoms with Crippen molar-refractivity contribution >= 4 is 5.78 Å². The molecule has 0 N–H and O–H groups in total. The number of ether oxygens (including phenoxy) is 1. The summed E-state index contributed by atoms with van der Waals surface area (Å²) in [6.07, 6.45) is -4.69. The van der Waals surface area contributed by atoms with Crippen LogP contribution in [0.15, 0.2) is 48.5 Å². The average molecular weight is 280 g/mol. The van der Waals surface area contributed by atoms with E-state index < -0.39 is 6.36 Å². The summed E-state index contributed by atoms with van der Waals surface area (Å²) in [7, 11) is 0. The molecule has 0 aliphatic carbocycles. The number of carbonyl (C=O) groups is 1. The van der Waals surface area contributed by atoms with Crippen molar-refractivity contribution in [1.29, 1.82) is 0 Å². The van der Waals surface area contributed by atoms with E-state index >= 15 is 0 Å². The number of rotatable bonds is 3. The van der Waals surface area contributed by atoms with Gasteiger partial charge in [0.25, 0.3) is 0 Å². The van der Waals surface area contributed by atoms with Gasteiger partial charge in [-0.1, -0.05) is 36.4 Å². The van der Waals surface area contributed by atoms with Crippen molar-refractivity contribution in [2.45, 2.75) is 13.3 Å². The van der Waals surface area contributed by atoms with Crippen molar-refractivity contribution < 1.29 is 22.7 Å². The first-order chi connectivity index (χ1) is 9.35. The lowest BCUT2D eigenvalue weighted by molar-refractivity contribution is -0.274. The van der Waals surface area contributed by atoms with Crippen molar-refractivity contribution in [2.24, 2.45) is 0 Å². The number of hydrogen-bond acceptors (Lipinski definition) is 2. The summed E-state index contributed by atoms with van der Waals surface area (Å²) in [4.78, 5) is 11.1. The quantitative estimate of drug-likeness (QED) is 0.776. The molecule has 0 saturated heterocycles. The molecule has 2 rings (SSSR count). The van der Waals surface area contributed by atoms with Crippen LogP contribution in [-0.4, -0.2) is 12.1 Å². The number of alkyl halides is 3. The number of ketones is 1. The minimum atomic E-state index is -4.69. The summed E-state index contributed by atoms with van der Waals surface area (Å²) in [5, 5.41) is 0. The van der Waals surface area contributed by atoms with Crippen LogP contribution in [0.1, 0.15) is 17.3 Å². The third kappa shape index (κ3) is 3.60. The van der Waals surface area contributed by atoms with Gasteiger partial charge in [-0.05, 0) is 30.2 Å². The Hall–Kier alpha value is -2.30. The lowest BCUT2D eigenvalue weighted by atomic mass is 10.0. The van der Waals surface area contributed by atoms with E-state index in [-0.39, 0.29) is 11.5 Å². The highest BCUT2D eigenvalue weighted by Gasteiger charge is 2.30. The Morgan fingerprint density at radius 2 is 1.35 bits per heavy atom. The Morgan fingerprint density at radius 3 is 1.75 bits per heavy atom. The van der Waals surface area contributed by atoms with Crippen LogP contribution in [0, 0.1) is 0 Å². The van der Waals surface area contributed by atoms with Crippen molar-refractivity contribution in [2.75, 3.05) is 0 Å². The number of halogens is 3. The van der Waals surface area contributed by atoms with Crippen LogP contribution in [-0.2, 0) is 0 Å². The van der Waals surface area contributed by atoms with E-state index in [2.05, 4.69) is 4.74 Å². The smallest absolute Gasteiger partial charge is 0.406 e. The topological polar surface area (TPSA) is 26.3 Å². The summed E-state index contributed by atoms with van der Waals surface area (Å²) in [6, 6.07) is 12.4. The molecule has 0 spiro atoms. The summed E-state index contributed by atoms with van der Waals surface area (Å²) in [5.74, 6) is -0.299. The predicted octanol–water partition coefficient (Wildman–Crippen LogP) is 4.45. The monoisotopic (exact) mass is 280 g/mol. The van der Waals surface area contributed by atoms with Gasteiger partial charge in [-0.25, -0.2) is 0 Å². The zero-order valence-corrected chi connectivity index (χ0v) is 10.6. The second-order valence-corrected chi connectivity index (χ2v) is 4.21. The molecule has 0 bridgehead atoms. The van der Waals surface area contributed by atoms with Gasteiger partial charge < -0.3 is 4.74 Å². The molecule has 5 heteroatoms. The van der Waals surface area contributed by atoms with Gasteiger partial charge in [-0.2, -0.15) is 0 Å². The highest BCUT2D eigenvalue weighted by Crippen LogP contribution is 2.26. The standard InChI is InChI=1S/C15H11F3O2/c1-10(19)11-2-4-12(5-3-11)13-6-8-14(9-7-13)20-15(16,17)18/h2-9H,1H3. The van der Waals surface area contributed by atoms with E-state index in [4.69, 9.17) is 0 Å². The van der Waals surface area contributed by atoms with E-state index in [1.807, 2.05) is 0 Å². The summed E-state index contributed by atoms with van der Waals surface area (Å²) in [5.41, 5.74) is 2.15. The fraction of sp³-hybridized carbons (Fsp3) is 0.133. The zero-order valence-electron chi connectivity index (χ0n) is 10.6. The largest absolute Gasteiger partial charge is 0.573 e. The fourth-order valence-corrected chi connectivity index (χ4v) is 1.75. The van der Waals surface area contributed by atoms with Crippen LogP contribution in [0.2, 0.25) is 0 Å². The highest BCUT2D eigenvalue weighted by molar-refractivity contribution is 5.94. The zero-order chi connectivity index (χ0) is 14.8. The normalized spacial score (nSPS) is 11.2. The fourth-order valence-electron chi connectivity index (χ4n) is 1.75. The van der Waals surface area contributed by atoms with Crippen molar-refractivity contribution in [3.8, 4) is 16.9 Å². The molecule has 0 aliphatic heterocycles. The number of benzene rings is 2. The van der Waals surface area contributed by atoms with Crippen LogP contribution >= 0.6 is 0 Å². The number of hydrogen-bond donors (Lipinski definition) is 0. The van der Waals surface area contributed by atoms with Gasteiger partial charge in [-0.3, -0.25) is 4.79 Å². The van der Waals surface area contributed by atoms with Gasteiger partial charge in [0.1, 0.15) is 5.75 Å². The molecule has 0 amide bonds. The highest BCUT2D eigenvalue weighted by atomic mass is 19.4. The Kier molecular flexibility index (Phi) is 3.79.